The van der Waals surface area contributed by atoms with Crippen LogP contribution in [0.3, 0.4) is 0 Å². The number of carbonyl (C=O) groups is 1. The largest absolute Gasteiger partial charge is 0.332 e. The van der Waals surface area contributed by atoms with Crippen LogP contribution in [-0.2, 0) is 10.0 Å². The lowest BCUT2D eigenvalue weighted by Crippen LogP contribution is -2.38. The molecular weight excluding hydrogens is 328 g/mol. The van der Waals surface area contributed by atoms with Crippen molar-refractivity contribution in [2.45, 2.75) is 30.8 Å². The van der Waals surface area contributed by atoms with E-state index in [0.29, 0.717) is 5.56 Å². The maximum atomic E-state index is 12.1. The van der Waals surface area contributed by atoms with Gasteiger partial charge >= 0.3 is 6.03 Å². The highest BCUT2D eigenvalue weighted by atomic mass is 32.2. The van der Waals surface area contributed by atoms with Gasteiger partial charge in [-0.1, -0.05) is 12.1 Å². The normalized spacial score (nSPS) is 13.8. The lowest BCUT2D eigenvalue weighted by Gasteiger charge is -2.19. The number of carbonyl (C=O) groups excluding carboxylic acids is 1. The quantitative estimate of drug-likeness (QED) is 0.765. The summed E-state index contributed by atoms with van der Waals surface area (Å²) >= 11 is 0. The summed E-state index contributed by atoms with van der Waals surface area (Å²) in [6.07, 6.45) is 3.32. The third kappa shape index (κ3) is 4.77. The maximum absolute atomic E-state index is 12.1. The molecule has 2 unspecified atom stereocenters. The number of urea groups is 1. The van der Waals surface area contributed by atoms with E-state index in [-0.39, 0.29) is 23.0 Å². The molecule has 1 aromatic heterocycles. The van der Waals surface area contributed by atoms with E-state index in [2.05, 4.69) is 15.6 Å². The zero-order valence-electron chi connectivity index (χ0n) is 13.4. The van der Waals surface area contributed by atoms with Crippen molar-refractivity contribution in [2.75, 3.05) is 0 Å². The Morgan fingerprint density at radius 2 is 1.62 bits per heavy atom. The Morgan fingerprint density at radius 3 is 2.21 bits per heavy atom. The van der Waals surface area contributed by atoms with Crippen molar-refractivity contribution in [3.63, 3.8) is 0 Å². The van der Waals surface area contributed by atoms with E-state index in [1.807, 2.05) is 19.1 Å². The molecule has 8 heteroatoms. The first kappa shape index (κ1) is 17.9. The molecule has 24 heavy (non-hydrogen) atoms. The third-order valence-electron chi connectivity index (χ3n) is 3.59. The number of nitrogens with one attached hydrogen (secondary N) is 2. The van der Waals surface area contributed by atoms with Gasteiger partial charge in [-0.05, 0) is 49.2 Å². The van der Waals surface area contributed by atoms with Crippen molar-refractivity contribution in [3.8, 4) is 0 Å². The molecule has 0 saturated heterocycles. The van der Waals surface area contributed by atoms with Crippen molar-refractivity contribution in [1.82, 2.24) is 15.6 Å². The second kappa shape index (κ2) is 7.41. The minimum atomic E-state index is -3.78. The highest BCUT2D eigenvalue weighted by molar-refractivity contribution is 7.89. The fourth-order valence-electron chi connectivity index (χ4n) is 2.21. The molecule has 2 rings (SSSR count). The summed E-state index contributed by atoms with van der Waals surface area (Å²) in [6.45, 7) is 3.63. The number of nitrogens with zero attached hydrogens (tertiary/aromatic N) is 1. The van der Waals surface area contributed by atoms with Gasteiger partial charge in [0.25, 0.3) is 0 Å². The molecule has 2 aromatic rings. The predicted octanol–water partition coefficient (Wildman–Crippen LogP) is 1.85. The van der Waals surface area contributed by atoms with E-state index in [9.17, 15) is 13.2 Å². The Morgan fingerprint density at radius 1 is 1.04 bits per heavy atom. The molecule has 2 amide bonds. The van der Waals surface area contributed by atoms with Crippen LogP contribution in [0.1, 0.15) is 37.1 Å². The number of rotatable bonds is 5. The lowest BCUT2D eigenvalue weighted by molar-refractivity contribution is 0.235. The molecule has 1 heterocycles. The van der Waals surface area contributed by atoms with Crippen LogP contribution >= 0.6 is 0 Å². The summed E-state index contributed by atoms with van der Waals surface area (Å²) in [5, 5.41) is 10.7. The number of hydrogen-bond donors (Lipinski definition) is 3. The zero-order valence-corrected chi connectivity index (χ0v) is 14.2. The minimum absolute atomic E-state index is 0.0132. The predicted molar refractivity (Wildman–Crippen MR) is 90.5 cm³/mol. The van der Waals surface area contributed by atoms with Gasteiger partial charge in [-0.2, -0.15) is 0 Å². The van der Waals surface area contributed by atoms with E-state index in [4.69, 9.17) is 5.14 Å². The molecule has 4 N–H and O–H groups in total. The Balaban J connectivity index is 2.02. The van der Waals surface area contributed by atoms with Crippen LogP contribution in [0.2, 0.25) is 0 Å². The van der Waals surface area contributed by atoms with Gasteiger partial charge in [0, 0.05) is 12.4 Å². The zero-order chi connectivity index (χ0) is 17.7. The minimum Gasteiger partial charge on any atom is -0.332 e. The van der Waals surface area contributed by atoms with E-state index in [1.165, 1.54) is 12.1 Å². The molecule has 0 bridgehead atoms. The number of hydrogen-bond acceptors (Lipinski definition) is 4. The SMILES string of the molecule is CC(NC(=O)NC(C)c1cccc(S(N)(=O)=O)c1)c1ccncc1. The van der Waals surface area contributed by atoms with Crippen LogP contribution < -0.4 is 15.8 Å². The molecule has 0 aliphatic heterocycles. The number of primary sulfonamides is 1. The maximum Gasteiger partial charge on any atom is 0.315 e. The van der Waals surface area contributed by atoms with Crippen molar-refractivity contribution in [1.29, 1.82) is 0 Å². The van der Waals surface area contributed by atoms with Crippen LogP contribution in [0.25, 0.3) is 0 Å². The molecule has 0 aliphatic carbocycles. The first-order valence-electron chi connectivity index (χ1n) is 7.37. The van der Waals surface area contributed by atoms with Crippen LogP contribution in [0.5, 0.6) is 0 Å². The summed E-state index contributed by atoms with van der Waals surface area (Å²) in [6, 6.07) is 8.91. The number of amides is 2. The molecule has 0 aliphatic rings. The molecule has 128 valence electrons. The Labute approximate surface area is 141 Å². The highest BCUT2D eigenvalue weighted by Crippen LogP contribution is 2.17. The fourth-order valence-corrected chi connectivity index (χ4v) is 2.78. The average molecular weight is 348 g/mol. The Hall–Kier alpha value is -2.45. The van der Waals surface area contributed by atoms with Gasteiger partial charge in [-0.25, -0.2) is 18.4 Å². The summed E-state index contributed by atoms with van der Waals surface area (Å²) in [7, 11) is -3.78. The van der Waals surface area contributed by atoms with Gasteiger partial charge in [0.1, 0.15) is 0 Å². The number of sulfonamides is 1. The topological polar surface area (TPSA) is 114 Å². The van der Waals surface area contributed by atoms with Gasteiger partial charge in [-0.15, -0.1) is 0 Å². The molecule has 0 radical (unpaired) electrons. The monoisotopic (exact) mass is 348 g/mol. The Kier molecular flexibility index (Phi) is 5.53. The molecule has 1 aromatic carbocycles. The van der Waals surface area contributed by atoms with Crippen LogP contribution in [0, 0.1) is 0 Å². The molecule has 2 atom stereocenters. The first-order chi connectivity index (χ1) is 11.3. The molecule has 0 fully saturated rings. The third-order valence-corrected chi connectivity index (χ3v) is 4.50. The van der Waals surface area contributed by atoms with Gasteiger partial charge in [-0.3, -0.25) is 4.98 Å². The second-order valence-electron chi connectivity index (χ2n) is 5.46. The van der Waals surface area contributed by atoms with Crippen molar-refractivity contribution < 1.29 is 13.2 Å². The van der Waals surface area contributed by atoms with Crippen LogP contribution in [0.15, 0.2) is 53.7 Å². The molecule has 0 spiro atoms. The number of nitrogens with two attached hydrogens (primary N) is 1. The molecule has 0 saturated carbocycles. The van der Waals surface area contributed by atoms with Crippen LogP contribution in [-0.4, -0.2) is 19.4 Å². The standard InChI is InChI=1S/C16H20N4O3S/c1-11(13-6-8-18-9-7-13)19-16(21)20-12(2)14-4-3-5-15(10-14)24(17,22)23/h3-12H,1-2H3,(H2,17,22,23)(H2,19,20,21). The Bertz CT molecular complexity index is 809. The lowest BCUT2D eigenvalue weighted by atomic mass is 10.1. The number of benzene rings is 1. The van der Waals surface area contributed by atoms with E-state index < -0.39 is 10.0 Å². The van der Waals surface area contributed by atoms with E-state index in [0.717, 1.165) is 5.56 Å². The van der Waals surface area contributed by atoms with E-state index >= 15 is 0 Å². The average Bonchev–Trinajstić information content (AvgIpc) is 2.54. The van der Waals surface area contributed by atoms with Crippen LogP contribution in [0.4, 0.5) is 4.79 Å². The summed E-state index contributed by atoms with van der Waals surface area (Å²) < 4.78 is 22.8. The second-order valence-corrected chi connectivity index (χ2v) is 7.02. The molecular formula is C16H20N4O3S. The van der Waals surface area contributed by atoms with Crippen molar-refractivity contribution >= 4 is 16.1 Å². The first-order valence-corrected chi connectivity index (χ1v) is 8.91. The van der Waals surface area contributed by atoms with Gasteiger partial charge in [0.05, 0.1) is 17.0 Å². The van der Waals surface area contributed by atoms with Crippen molar-refractivity contribution in [3.05, 3.63) is 59.9 Å². The summed E-state index contributed by atoms with van der Waals surface area (Å²) in [5.41, 5.74) is 1.58. The highest BCUT2D eigenvalue weighted by Gasteiger charge is 2.15. The van der Waals surface area contributed by atoms with E-state index in [1.54, 1.807) is 31.5 Å². The summed E-state index contributed by atoms with van der Waals surface area (Å²) in [5.74, 6) is 0. The number of aromatic nitrogens is 1. The molecule has 7 nitrogen and oxygen atoms in total. The fraction of sp³-hybridized carbons (Fsp3) is 0.250. The smallest absolute Gasteiger partial charge is 0.315 e. The van der Waals surface area contributed by atoms with Gasteiger partial charge in [0.15, 0.2) is 0 Å². The number of pyridine rings is 1. The van der Waals surface area contributed by atoms with Gasteiger partial charge < -0.3 is 10.6 Å². The van der Waals surface area contributed by atoms with Crippen molar-refractivity contribution in [2.24, 2.45) is 5.14 Å². The summed E-state index contributed by atoms with van der Waals surface area (Å²) in [4.78, 5) is 16.1. The van der Waals surface area contributed by atoms with Gasteiger partial charge in [0.2, 0.25) is 10.0 Å².